The molecule has 0 N–H and O–H groups in total. The van der Waals surface area contributed by atoms with E-state index in [-0.39, 0.29) is 29.6 Å². The van der Waals surface area contributed by atoms with Crippen molar-refractivity contribution in [1.29, 1.82) is 0 Å². The summed E-state index contributed by atoms with van der Waals surface area (Å²) >= 11 is 0. The molecule has 0 saturated heterocycles. The Morgan fingerprint density at radius 3 is 2.54 bits per heavy atom. The van der Waals surface area contributed by atoms with Gasteiger partial charge in [-0.15, -0.1) is 0 Å². The van der Waals surface area contributed by atoms with Gasteiger partial charge in [0.2, 0.25) is 0 Å². The molecule has 8 nitrogen and oxygen atoms in total. The zero-order valence-electron chi connectivity index (χ0n) is 22.7. The third kappa shape index (κ3) is 6.13. The summed E-state index contributed by atoms with van der Waals surface area (Å²) in [4.78, 5) is 30.1. The number of ether oxygens (including phenoxy) is 3. The molecule has 1 aliphatic carbocycles. The van der Waals surface area contributed by atoms with E-state index in [4.69, 9.17) is 19.2 Å². The predicted molar refractivity (Wildman–Crippen MR) is 144 cm³/mol. The van der Waals surface area contributed by atoms with Gasteiger partial charge in [-0.3, -0.25) is 9.59 Å². The van der Waals surface area contributed by atoms with E-state index >= 15 is 0 Å². The number of methoxy groups -OCH3 is 2. The number of hydrogen-bond donors (Lipinski definition) is 0. The molecule has 0 unspecified atom stereocenters. The van der Waals surface area contributed by atoms with Crippen molar-refractivity contribution in [1.82, 2.24) is 14.1 Å². The average Bonchev–Trinajstić information content (AvgIpc) is 3.52. The fraction of sp³-hybridized carbons (Fsp3) is 0.552. The van der Waals surface area contributed by atoms with Gasteiger partial charge in [-0.2, -0.15) is 0 Å². The van der Waals surface area contributed by atoms with Crippen LogP contribution in [0, 0.1) is 12.8 Å². The molecular weight excluding hydrogens is 470 g/mol. The van der Waals surface area contributed by atoms with E-state index < -0.39 is 0 Å². The van der Waals surface area contributed by atoms with Crippen LogP contribution in [-0.4, -0.2) is 53.6 Å². The van der Waals surface area contributed by atoms with E-state index in [9.17, 15) is 9.59 Å². The standard InChI is InChI=1S/C29H39N3O5/c1-19-14-23(16-31(3)28(19)33)27-30-25-15-21(11-13-26(25)32(27)20(2)17-35-4)10-12-22(18-36-5)29(34)37-24-8-6-7-9-24/h11,13-16,20,22,24H,6-10,12,17-18H2,1-5H3/t20-,22-/m0/s1. The van der Waals surface area contributed by atoms with Gasteiger partial charge in [0.25, 0.3) is 5.56 Å². The van der Waals surface area contributed by atoms with Crippen LogP contribution in [0.3, 0.4) is 0 Å². The van der Waals surface area contributed by atoms with E-state index in [1.165, 1.54) is 0 Å². The third-order valence-electron chi connectivity index (χ3n) is 7.29. The number of aromatic nitrogens is 3. The summed E-state index contributed by atoms with van der Waals surface area (Å²) < 4.78 is 20.3. The summed E-state index contributed by atoms with van der Waals surface area (Å²) in [5, 5.41) is 0. The number of aryl methyl sites for hydroxylation is 3. The first-order valence-corrected chi connectivity index (χ1v) is 13.2. The fourth-order valence-corrected chi connectivity index (χ4v) is 5.34. The molecule has 1 fully saturated rings. The third-order valence-corrected chi connectivity index (χ3v) is 7.29. The number of esters is 1. The van der Waals surface area contributed by atoms with E-state index in [0.717, 1.165) is 60.1 Å². The maximum Gasteiger partial charge on any atom is 0.311 e. The minimum Gasteiger partial charge on any atom is -0.462 e. The monoisotopic (exact) mass is 509 g/mol. The van der Waals surface area contributed by atoms with Crippen molar-refractivity contribution < 1.29 is 19.0 Å². The van der Waals surface area contributed by atoms with Gasteiger partial charge in [0.15, 0.2) is 0 Å². The van der Waals surface area contributed by atoms with Crippen molar-refractivity contribution in [3.05, 3.63) is 51.9 Å². The fourth-order valence-electron chi connectivity index (χ4n) is 5.34. The molecule has 8 heteroatoms. The average molecular weight is 510 g/mol. The molecule has 37 heavy (non-hydrogen) atoms. The Morgan fingerprint density at radius 2 is 1.86 bits per heavy atom. The number of nitrogens with zero attached hydrogens (tertiary/aromatic N) is 3. The topological polar surface area (TPSA) is 84.6 Å². The van der Waals surface area contributed by atoms with Crippen LogP contribution in [0.1, 0.15) is 56.2 Å². The number of carbonyl (C=O) groups is 1. The SMILES string of the molecule is COC[C@H](CCc1ccc2c(c1)nc(-c1cc(C)c(=O)n(C)c1)n2[C@@H](C)COC)C(=O)OC1CCCC1. The van der Waals surface area contributed by atoms with Crippen LogP contribution in [0.4, 0.5) is 0 Å². The number of imidazole rings is 1. The van der Waals surface area contributed by atoms with Crippen molar-refractivity contribution in [2.45, 2.75) is 64.5 Å². The lowest BCUT2D eigenvalue weighted by molar-refractivity contribution is -0.155. The van der Waals surface area contributed by atoms with Crippen LogP contribution in [0.15, 0.2) is 35.3 Å². The van der Waals surface area contributed by atoms with Gasteiger partial charge in [0.05, 0.1) is 36.2 Å². The second-order valence-corrected chi connectivity index (χ2v) is 10.3. The molecule has 1 aromatic carbocycles. The summed E-state index contributed by atoms with van der Waals surface area (Å²) in [6, 6.07) is 8.22. The molecule has 2 aromatic heterocycles. The van der Waals surface area contributed by atoms with E-state index in [2.05, 4.69) is 29.7 Å². The summed E-state index contributed by atoms with van der Waals surface area (Å²) in [6.45, 7) is 4.81. The molecule has 1 aliphatic rings. The van der Waals surface area contributed by atoms with E-state index in [1.54, 1.807) is 25.8 Å². The molecule has 4 rings (SSSR count). The second kappa shape index (κ2) is 12.0. The van der Waals surface area contributed by atoms with Gasteiger partial charge >= 0.3 is 5.97 Å². The summed E-state index contributed by atoms with van der Waals surface area (Å²) in [6.07, 6.45) is 7.44. The molecular formula is C29H39N3O5. The normalized spacial score (nSPS) is 15.8. The Kier molecular flexibility index (Phi) is 8.82. The highest BCUT2D eigenvalue weighted by Gasteiger charge is 2.26. The van der Waals surface area contributed by atoms with Crippen molar-refractivity contribution in [2.75, 3.05) is 27.4 Å². The first-order valence-electron chi connectivity index (χ1n) is 13.2. The molecule has 200 valence electrons. The lowest BCUT2D eigenvalue weighted by Gasteiger charge is -2.19. The predicted octanol–water partition coefficient (Wildman–Crippen LogP) is 4.60. The molecule has 0 aliphatic heterocycles. The largest absolute Gasteiger partial charge is 0.462 e. The van der Waals surface area contributed by atoms with Crippen LogP contribution in [0.5, 0.6) is 0 Å². The van der Waals surface area contributed by atoms with E-state index in [1.807, 2.05) is 19.2 Å². The number of hydrogen-bond acceptors (Lipinski definition) is 6. The van der Waals surface area contributed by atoms with E-state index in [0.29, 0.717) is 25.2 Å². The zero-order chi connectivity index (χ0) is 26.5. The zero-order valence-corrected chi connectivity index (χ0v) is 22.7. The number of pyridine rings is 1. The van der Waals surface area contributed by atoms with Gasteiger partial charge in [-0.05, 0) is 76.1 Å². The number of benzene rings is 1. The van der Waals surface area contributed by atoms with Gasteiger partial charge in [-0.1, -0.05) is 6.07 Å². The Hall–Kier alpha value is -2.97. The smallest absolute Gasteiger partial charge is 0.311 e. The highest BCUT2D eigenvalue weighted by molar-refractivity contribution is 5.81. The van der Waals surface area contributed by atoms with Gasteiger partial charge in [0.1, 0.15) is 11.9 Å². The Morgan fingerprint density at radius 1 is 1.14 bits per heavy atom. The molecule has 0 amide bonds. The molecule has 2 heterocycles. The first kappa shape index (κ1) is 27.1. The van der Waals surface area contributed by atoms with Gasteiger partial charge < -0.3 is 23.3 Å². The van der Waals surface area contributed by atoms with Crippen LogP contribution < -0.4 is 5.56 Å². The van der Waals surface area contributed by atoms with Crippen LogP contribution in [0.2, 0.25) is 0 Å². The Labute approximate surface area is 218 Å². The first-order chi connectivity index (χ1) is 17.8. The number of rotatable bonds is 11. The summed E-state index contributed by atoms with van der Waals surface area (Å²) in [7, 11) is 5.08. The quantitative estimate of drug-likeness (QED) is 0.351. The highest BCUT2D eigenvalue weighted by Crippen LogP contribution is 2.30. The lowest BCUT2D eigenvalue weighted by Crippen LogP contribution is -2.26. The molecule has 2 atom stereocenters. The van der Waals surface area contributed by atoms with Crippen molar-refractivity contribution in [3.8, 4) is 11.4 Å². The Bertz CT molecular complexity index is 1260. The molecule has 0 radical (unpaired) electrons. The molecule has 0 bridgehead atoms. The lowest BCUT2D eigenvalue weighted by atomic mass is 9.99. The van der Waals surface area contributed by atoms with Crippen LogP contribution in [0.25, 0.3) is 22.4 Å². The maximum absolute atomic E-state index is 12.8. The van der Waals surface area contributed by atoms with Crippen LogP contribution in [-0.2, 0) is 32.5 Å². The minimum atomic E-state index is -0.287. The van der Waals surface area contributed by atoms with Gasteiger partial charge in [0, 0.05) is 38.6 Å². The van der Waals surface area contributed by atoms with Crippen LogP contribution >= 0.6 is 0 Å². The second-order valence-electron chi connectivity index (χ2n) is 10.3. The number of carbonyl (C=O) groups excluding carboxylic acids is 1. The van der Waals surface area contributed by atoms with Crippen molar-refractivity contribution in [3.63, 3.8) is 0 Å². The van der Waals surface area contributed by atoms with Gasteiger partial charge in [-0.25, -0.2) is 4.98 Å². The maximum atomic E-state index is 12.8. The molecule has 3 aromatic rings. The summed E-state index contributed by atoms with van der Waals surface area (Å²) in [5.74, 6) is 0.359. The summed E-state index contributed by atoms with van der Waals surface area (Å²) in [5.41, 5.74) is 4.52. The number of fused-ring (bicyclic) bond motifs is 1. The molecule has 0 spiro atoms. The highest BCUT2D eigenvalue weighted by atomic mass is 16.5. The minimum absolute atomic E-state index is 0.0179. The van der Waals surface area contributed by atoms with Crippen molar-refractivity contribution in [2.24, 2.45) is 13.0 Å². The molecule has 1 saturated carbocycles. The Balaban J connectivity index is 1.61. The van der Waals surface area contributed by atoms with Crippen molar-refractivity contribution >= 4 is 17.0 Å².